The maximum absolute atomic E-state index is 12.4. The molecule has 0 saturated heterocycles. The smallest absolute Gasteiger partial charge is 0.328 e. The first-order valence-corrected chi connectivity index (χ1v) is 8.59. The van der Waals surface area contributed by atoms with Crippen molar-refractivity contribution in [1.29, 1.82) is 0 Å². The van der Waals surface area contributed by atoms with Crippen molar-refractivity contribution in [2.24, 2.45) is 0 Å². The second-order valence-corrected chi connectivity index (χ2v) is 6.80. The number of carbonyl (C=O) groups excluding carboxylic acids is 1. The summed E-state index contributed by atoms with van der Waals surface area (Å²) in [5.41, 5.74) is 0.568. The summed E-state index contributed by atoms with van der Waals surface area (Å²) in [5, 5.41) is 0. The second-order valence-electron chi connectivity index (χ2n) is 6.80. The van der Waals surface area contributed by atoms with E-state index in [9.17, 15) is 14.4 Å². The van der Waals surface area contributed by atoms with Crippen molar-refractivity contribution >= 4 is 5.91 Å². The number of aromatic nitrogens is 2. The molecule has 1 fully saturated rings. The Kier molecular flexibility index (Phi) is 4.88. The van der Waals surface area contributed by atoms with Crippen LogP contribution >= 0.6 is 0 Å². The molecule has 132 valence electrons. The molecule has 1 heterocycles. The summed E-state index contributed by atoms with van der Waals surface area (Å²) in [7, 11) is 1.84. The molecule has 0 unspecified atom stereocenters. The summed E-state index contributed by atoms with van der Waals surface area (Å²) >= 11 is 0. The van der Waals surface area contributed by atoms with E-state index in [-0.39, 0.29) is 11.3 Å². The molecule has 1 aromatic heterocycles. The predicted molar refractivity (Wildman–Crippen MR) is 95.5 cm³/mol. The van der Waals surface area contributed by atoms with Crippen LogP contribution in [0.3, 0.4) is 0 Å². The van der Waals surface area contributed by atoms with Crippen LogP contribution in [0.2, 0.25) is 0 Å². The Labute approximate surface area is 146 Å². The van der Waals surface area contributed by atoms with Crippen molar-refractivity contribution in [3.05, 3.63) is 69.0 Å². The second kappa shape index (κ2) is 7.09. The van der Waals surface area contributed by atoms with Gasteiger partial charge in [-0.1, -0.05) is 30.3 Å². The summed E-state index contributed by atoms with van der Waals surface area (Å²) in [6.07, 6.45) is 4.63. The van der Waals surface area contributed by atoms with Gasteiger partial charge < -0.3 is 9.47 Å². The first-order chi connectivity index (χ1) is 12.0. The van der Waals surface area contributed by atoms with Gasteiger partial charge in [-0.15, -0.1) is 0 Å². The van der Waals surface area contributed by atoms with Crippen molar-refractivity contribution < 1.29 is 4.79 Å². The number of hydrogen-bond donors (Lipinski definition) is 1. The molecule has 2 aromatic rings. The monoisotopic (exact) mass is 341 g/mol. The molecule has 1 amide bonds. The standard InChI is InChI=1S/C19H23N3O3/c1-21(14-19(10-11-19)15-6-3-2-4-7-15)17(24)8-5-12-22-13-9-16(23)20-18(22)25/h2-4,6-7,9,13H,5,8,10-12,14H2,1H3,(H,20,23,25). The quantitative estimate of drug-likeness (QED) is 0.829. The molecule has 0 spiro atoms. The van der Waals surface area contributed by atoms with Gasteiger partial charge >= 0.3 is 5.69 Å². The molecule has 25 heavy (non-hydrogen) atoms. The molecule has 1 aliphatic rings. The molecule has 0 radical (unpaired) electrons. The zero-order valence-corrected chi connectivity index (χ0v) is 14.4. The minimum Gasteiger partial charge on any atom is -0.345 e. The van der Waals surface area contributed by atoms with Crippen LogP contribution in [0.25, 0.3) is 0 Å². The Bertz CT molecular complexity index is 850. The van der Waals surface area contributed by atoms with E-state index in [0.29, 0.717) is 19.4 Å². The van der Waals surface area contributed by atoms with Crippen LogP contribution in [0, 0.1) is 0 Å². The maximum atomic E-state index is 12.4. The van der Waals surface area contributed by atoms with E-state index in [1.54, 1.807) is 4.90 Å². The summed E-state index contributed by atoms with van der Waals surface area (Å²) in [6.45, 7) is 1.15. The van der Waals surface area contributed by atoms with Gasteiger partial charge in [0.25, 0.3) is 5.56 Å². The summed E-state index contributed by atoms with van der Waals surface area (Å²) < 4.78 is 1.42. The first kappa shape index (κ1) is 17.2. The predicted octanol–water partition coefficient (Wildman–Crippen LogP) is 1.51. The van der Waals surface area contributed by atoms with E-state index in [4.69, 9.17) is 0 Å². The number of likely N-dealkylation sites (N-methyl/N-ethyl adjacent to an activating group) is 1. The van der Waals surface area contributed by atoms with E-state index in [2.05, 4.69) is 17.1 Å². The van der Waals surface area contributed by atoms with E-state index in [1.165, 1.54) is 22.4 Å². The molecule has 6 heteroatoms. The Hall–Kier alpha value is -2.63. The summed E-state index contributed by atoms with van der Waals surface area (Å²) in [6, 6.07) is 11.7. The molecule has 0 aliphatic heterocycles. The topological polar surface area (TPSA) is 75.2 Å². The van der Waals surface area contributed by atoms with E-state index < -0.39 is 11.2 Å². The van der Waals surface area contributed by atoms with Gasteiger partial charge in [0.15, 0.2) is 0 Å². The van der Waals surface area contributed by atoms with Crippen molar-refractivity contribution in [2.45, 2.75) is 37.6 Å². The van der Waals surface area contributed by atoms with Gasteiger partial charge in [0.1, 0.15) is 0 Å². The van der Waals surface area contributed by atoms with Crippen molar-refractivity contribution in [3.63, 3.8) is 0 Å². The van der Waals surface area contributed by atoms with Gasteiger partial charge in [0.05, 0.1) is 0 Å². The van der Waals surface area contributed by atoms with Crippen LogP contribution in [0.15, 0.2) is 52.2 Å². The third kappa shape index (κ3) is 4.07. The molecule has 1 N–H and O–H groups in total. The number of benzene rings is 1. The number of nitrogens with zero attached hydrogens (tertiary/aromatic N) is 2. The number of amides is 1. The van der Waals surface area contributed by atoms with Gasteiger partial charge in [-0.2, -0.15) is 0 Å². The first-order valence-electron chi connectivity index (χ1n) is 8.59. The Balaban J connectivity index is 1.51. The lowest BCUT2D eigenvalue weighted by atomic mass is 9.95. The third-order valence-corrected chi connectivity index (χ3v) is 4.89. The molecule has 3 rings (SSSR count). The SMILES string of the molecule is CN(CC1(c2ccccc2)CC1)C(=O)CCCn1ccc(=O)[nH]c1=O. The van der Waals surface area contributed by atoms with Crippen LogP contribution in [0.4, 0.5) is 0 Å². The number of aryl methyl sites for hydroxylation is 1. The van der Waals surface area contributed by atoms with Gasteiger partial charge in [-0.25, -0.2) is 4.79 Å². The van der Waals surface area contributed by atoms with Crippen LogP contribution in [-0.4, -0.2) is 34.0 Å². The average Bonchev–Trinajstić information content (AvgIpc) is 3.38. The van der Waals surface area contributed by atoms with Gasteiger partial charge in [0, 0.05) is 44.2 Å². The van der Waals surface area contributed by atoms with Crippen LogP contribution in [0.5, 0.6) is 0 Å². The fourth-order valence-electron chi connectivity index (χ4n) is 3.23. The number of nitrogens with one attached hydrogen (secondary N) is 1. The molecule has 1 aliphatic carbocycles. The Morgan fingerprint density at radius 1 is 1.20 bits per heavy atom. The average molecular weight is 341 g/mol. The fraction of sp³-hybridized carbons (Fsp3) is 0.421. The van der Waals surface area contributed by atoms with Gasteiger partial charge in [-0.05, 0) is 24.8 Å². The van der Waals surface area contributed by atoms with Crippen LogP contribution in [-0.2, 0) is 16.8 Å². The molecular weight excluding hydrogens is 318 g/mol. The van der Waals surface area contributed by atoms with E-state index in [0.717, 1.165) is 19.4 Å². The number of carbonyl (C=O) groups is 1. The van der Waals surface area contributed by atoms with Gasteiger partial charge in [0.2, 0.25) is 5.91 Å². The molecule has 6 nitrogen and oxygen atoms in total. The number of hydrogen-bond acceptors (Lipinski definition) is 3. The Morgan fingerprint density at radius 2 is 1.92 bits per heavy atom. The normalized spacial score (nSPS) is 14.9. The van der Waals surface area contributed by atoms with Gasteiger partial charge in [-0.3, -0.25) is 14.6 Å². The number of H-pyrrole nitrogens is 1. The largest absolute Gasteiger partial charge is 0.345 e. The van der Waals surface area contributed by atoms with Crippen molar-refractivity contribution in [3.8, 4) is 0 Å². The van der Waals surface area contributed by atoms with Crippen molar-refractivity contribution in [2.75, 3.05) is 13.6 Å². The lowest BCUT2D eigenvalue weighted by Gasteiger charge is -2.24. The number of rotatable bonds is 7. The molecule has 1 saturated carbocycles. The highest BCUT2D eigenvalue weighted by Gasteiger charge is 2.45. The van der Waals surface area contributed by atoms with E-state index in [1.807, 2.05) is 25.2 Å². The van der Waals surface area contributed by atoms with Crippen molar-refractivity contribution in [1.82, 2.24) is 14.5 Å². The molecular formula is C19H23N3O3. The molecule has 0 atom stereocenters. The minimum atomic E-state index is -0.436. The third-order valence-electron chi connectivity index (χ3n) is 4.89. The zero-order chi connectivity index (χ0) is 17.9. The highest BCUT2D eigenvalue weighted by Crippen LogP contribution is 2.48. The summed E-state index contributed by atoms with van der Waals surface area (Å²) in [5.74, 6) is 0.0830. The minimum absolute atomic E-state index is 0.0830. The molecule has 0 bridgehead atoms. The number of aromatic amines is 1. The lowest BCUT2D eigenvalue weighted by Crippen LogP contribution is -2.34. The fourth-order valence-corrected chi connectivity index (χ4v) is 3.23. The van der Waals surface area contributed by atoms with E-state index >= 15 is 0 Å². The lowest BCUT2D eigenvalue weighted by molar-refractivity contribution is -0.130. The highest BCUT2D eigenvalue weighted by atomic mass is 16.2. The summed E-state index contributed by atoms with van der Waals surface area (Å²) in [4.78, 5) is 39.1. The zero-order valence-electron chi connectivity index (χ0n) is 14.4. The molecule has 1 aromatic carbocycles. The maximum Gasteiger partial charge on any atom is 0.328 e. The van der Waals surface area contributed by atoms with Crippen LogP contribution in [0.1, 0.15) is 31.2 Å². The van der Waals surface area contributed by atoms with Crippen LogP contribution < -0.4 is 11.2 Å². The highest BCUT2D eigenvalue weighted by molar-refractivity contribution is 5.76. The Morgan fingerprint density at radius 3 is 2.56 bits per heavy atom.